The maximum atomic E-state index is 5.28. The van der Waals surface area contributed by atoms with E-state index in [1.165, 1.54) is 0 Å². The minimum Gasteiger partial charge on any atom is -0.421 e. The number of aromatic nitrogens is 2. The Bertz CT molecular complexity index is 224. The summed E-state index contributed by atoms with van der Waals surface area (Å²) >= 11 is 0. The van der Waals surface area contributed by atoms with Crippen LogP contribution >= 0.6 is 0 Å². The van der Waals surface area contributed by atoms with Gasteiger partial charge in [0.2, 0.25) is 11.8 Å². The molecule has 0 amide bonds. The topological polar surface area (TPSA) is 74.2 Å². The van der Waals surface area contributed by atoms with Crippen molar-refractivity contribution >= 4 is 0 Å². The van der Waals surface area contributed by atoms with E-state index in [-0.39, 0.29) is 6.54 Å². The Balaban J connectivity index is 2.31. The predicted molar refractivity (Wildman–Crippen MR) is 42.1 cm³/mol. The molecule has 0 aliphatic rings. The summed E-state index contributed by atoms with van der Waals surface area (Å²) in [7, 11) is 0. The zero-order chi connectivity index (χ0) is 8.81. The Morgan fingerprint density at radius 2 is 2.17 bits per heavy atom. The highest BCUT2D eigenvalue weighted by Gasteiger charge is 2.02. The number of ether oxygens (including phenoxy) is 1. The van der Waals surface area contributed by atoms with Crippen LogP contribution in [0.5, 0.6) is 0 Å². The third-order valence-electron chi connectivity index (χ3n) is 1.26. The third kappa shape index (κ3) is 2.60. The zero-order valence-corrected chi connectivity index (χ0v) is 7.12. The fraction of sp³-hybridized carbons (Fsp3) is 0.714. The van der Waals surface area contributed by atoms with Crippen molar-refractivity contribution in [3.05, 3.63) is 11.8 Å². The van der Waals surface area contributed by atoms with E-state index in [9.17, 15) is 0 Å². The molecular weight excluding hydrogens is 158 g/mol. The van der Waals surface area contributed by atoms with Gasteiger partial charge in [0.05, 0.1) is 6.54 Å². The number of nitrogens with two attached hydrogens (primary N) is 1. The molecule has 68 valence electrons. The monoisotopic (exact) mass is 171 g/mol. The van der Waals surface area contributed by atoms with Crippen LogP contribution in [0.2, 0.25) is 0 Å². The lowest BCUT2D eigenvalue weighted by molar-refractivity contribution is 0.102. The van der Waals surface area contributed by atoms with Crippen molar-refractivity contribution in [3.63, 3.8) is 0 Å². The molecule has 0 aliphatic carbocycles. The summed E-state index contributed by atoms with van der Waals surface area (Å²) in [6, 6.07) is 0. The van der Waals surface area contributed by atoms with E-state index in [4.69, 9.17) is 14.9 Å². The molecule has 5 heteroatoms. The number of rotatable bonds is 5. The van der Waals surface area contributed by atoms with Crippen molar-refractivity contribution in [2.24, 2.45) is 5.73 Å². The highest BCUT2D eigenvalue weighted by Crippen LogP contribution is 2.00. The maximum absolute atomic E-state index is 5.28. The number of nitrogens with zero attached hydrogens (tertiary/aromatic N) is 2. The lowest BCUT2D eigenvalue weighted by atomic mass is 10.5. The molecule has 0 unspecified atom stereocenters. The maximum Gasteiger partial charge on any atom is 0.242 e. The second-order valence-electron chi connectivity index (χ2n) is 2.35. The molecular formula is C7H13N3O2. The molecule has 1 heterocycles. The van der Waals surface area contributed by atoms with Crippen molar-refractivity contribution in [3.8, 4) is 0 Å². The first-order valence-corrected chi connectivity index (χ1v) is 3.96. The van der Waals surface area contributed by atoms with Gasteiger partial charge in [-0.15, -0.1) is 10.2 Å². The van der Waals surface area contributed by atoms with Gasteiger partial charge in [0.25, 0.3) is 0 Å². The summed E-state index contributed by atoms with van der Waals surface area (Å²) in [5.41, 5.74) is 5.28. The first-order chi connectivity index (χ1) is 5.86. The Hall–Kier alpha value is -0.940. The van der Waals surface area contributed by atoms with Crippen molar-refractivity contribution in [1.82, 2.24) is 10.2 Å². The van der Waals surface area contributed by atoms with Gasteiger partial charge >= 0.3 is 0 Å². The Morgan fingerprint density at radius 1 is 1.42 bits per heavy atom. The molecule has 12 heavy (non-hydrogen) atoms. The predicted octanol–water partition coefficient (Wildman–Crippen LogP) is 0.455. The van der Waals surface area contributed by atoms with Gasteiger partial charge in [-0.2, -0.15) is 0 Å². The SMILES string of the molecule is CCCOCc1nnc(CN)o1. The van der Waals surface area contributed by atoms with Crippen LogP contribution in [0.1, 0.15) is 25.1 Å². The summed E-state index contributed by atoms with van der Waals surface area (Å²) in [5.74, 6) is 0.939. The molecule has 0 radical (unpaired) electrons. The first kappa shape index (κ1) is 9.15. The van der Waals surface area contributed by atoms with E-state index < -0.39 is 0 Å². The molecule has 0 aromatic carbocycles. The molecule has 0 aliphatic heterocycles. The summed E-state index contributed by atoms with van der Waals surface area (Å²) in [5, 5.41) is 7.43. The van der Waals surface area contributed by atoms with Gasteiger partial charge in [-0.05, 0) is 6.42 Å². The van der Waals surface area contributed by atoms with Crippen molar-refractivity contribution in [1.29, 1.82) is 0 Å². The van der Waals surface area contributed by atoms with Gasteiger partial charge in [0.15, 0.2) is 0 Å². The van der Waals surface area contributed by atoms with E-state index in [0.717, 1.165) is 6.42 Å². The minimum absolute atomic E-state index is 0.279. The average Bonchev–Trinajstić information content (AvgIpc) is 2.53. The molecule has 5 nitrogen and oxygen atoms in total. The third-order valence-corrected chi connectivity index (χ3v) is 1.26. The second-order valence-corrected chi connectivity index (χ2v) is 2.35. The fourth-order valence-electron chi connectivity index (χ4n) is 0.733. The van der Waals surface area contributed by atoms with Crippen molar-refractivity contribution in [2.75, 3.05) is 6.61 Å². The molecule has 2 N–H and O–H groups in total. The molecule has 1 aromatic rings. The van der Waals surface area contributed by atoms with E-state index in [0.29, 0.717) is 25.0 Å². The van der Waals surface area contributed by atoms with Crippen LogP contribution in [0.25, 0.3) is 0 Å². The Labute approximate surface area is 70.9 Å². The number of hydrogen-bond donors (Lipinski definition) is 1. The van der Waals surface area contributed by atoms with Crippen LogP contribution < -0.4 is 5.73 Å². The summed E-state index contributed by atoms with van der Waals surface area (Å²) in [6.07, 6.45) is 0.984. The lowest BCUT2D eigenvalue weighted by Crippen LogP contribution is -1.95. The smallest absolute Gasteiger partial charge is 0.242 e. The van der Waals surface area contributed by atoms with Crippen LogP contribution in [0, 0.1) is 0 Å². The molecule has 0 atom stereocenters. The van der Waals surface area contributed by atoms with Crippen LogP contribution in [0.3, 0.4) is 0 Å². The fourth-order valence-corrected chi connectivity index (χ4v) is 0.733. The van der Waals surface area contributed by atoms with Gasteiger partial charge in [0, 0.05) is 6.61 Å². The molecule has 0 bridgehead atoms. The summed E-state index contributed by atoms with van der Waals surface area (Å²) in [6.45, 7) is 3.40. The van der Waals surface area contributed by atoms with E-state index in [2.05, 4.69) is 10.2 Å². The molecule has 0 fully saturated rings. The summed E-state index contributed by atoms with van der Waals surface area (Å²) < 4.78 is 10.3. The van der Waals surface area contributed by atoms with Crippen LogP contribution in [0.15, 0.2) is 4.42 Å². The zero-order valence-electron chi connectivity index (χ0n) is 7.12. The molecule has 0 spiro atoms. The second kappa shape index (κ2) is 4.84. The Morgan fingerprint density at radius 3 is 2.75 bits per heavy atom. The molecule has 0 saturated carbocycles. The molecule has 0 saturated heterocycles. The first-order valence-electron chi connectivity index (χ1n) is 3.96. The van der Waals surface area contributed by atoms with Gasteiger partial charge in [-0.25, -0.2) is 0 Å². The molecule has 1 rings (SSSR count). The highest BCUT2D eigenvalue weighted by atomic mass is 16.5. The summed E-state index contributed by atoms with van der Waals surface area (Å²) in [4.78, 5) is 0. The van der Waals surface area contributed by atoms with E-state index in [1.54, 1.807) is 0 Å². The van der Waals surface area contributed by atoms with Gasteiger partial charge in [-0.1, -0.05) is 6.92 Å². The minimum atomic E-state index is 0.279. The van der Waals surface area contributed by atoms with Crippen LogP contribution in [0.4, 0.5) is 0 Å². The average molecular weight is 171 g/mol. The Kier molecular flexibility index (Phi) is 3.69. The number of hydrogen-bond acceptors (Lipinski definition) is 5. The lowest BCUT2D eigenvalue weighted by Gasteiger charge is -1.95. The molecule has 1 aromatic heterocycles. The van der Waals surface area contributed by atoms with E-state index >= 15 is 0 Å². The van der Waals surface area contributed by atoms with Gasteiger partial charge in [0.1, 0.15) is 6.61 Å². The van der Waals surface area contributed by atoms with Crippen molar-refractivity contribution < 1.29 is 9.15 Å². The quantitative estimate of drug-likeness (QED) is 0.651. The standard InChI is InChI=1S/C7H13N3O2/c1-2-3-11-5-7-10-9-6(4-8)12-7/h2-5,8H2,1H3. The van der Waals surface area contributed by atoms with Gasteiger partial charge in [-0.3, -0.25) is 0 Å². The normalized spacial score (nSPS) is 10.5. The largest absolute Gasteiger partial charge is 0.421 e. The highest BCUT2D eigenvalue weighted by molar-refractivity contribution is 4.78. The van der Waals surface area contributed by atoms with Crippen LogP contribution in [-0.2, 0) is 17.9 Å². The van der Waals surface area contributed by atoms with Gasteiger partial charge < -0.3 is 14.9 Å². The van der Waals surface area contributed by atoms with Crippen LogP contribution in [-0.4, -0.2) is 16.8 Å². The van der Waals surface area contributed by atoms with E-state index in [1.807, 2.05) is 6.92 Å². The van der Waals surface area contributed by atoms with Crippen molar-refractivity contribution in [2.45, 2.75) is 26.5 Å².